The van der Waals surface area contributed by atoms with E-state index in [1.54, 1.807) is 36.5 Å². The lowest BCUT2D eigenvalue weighted by molar-refractivity contribution is -0.192. The molecule has 0 fully saturated rings. The SMILES string of the molecule is CCc1ccc(Nc2ncc(C)c(Nc3ccc4oc(=O)[nH]c4c3)n2)c(F)c1OC.O=C(O)C(F)(F)F. The van der Waals surface area contributed by atoms with Gasteiger partial charge >= 0.3 is 17.9 Å². The van der Waals surface area contributed by atoms with E-state index < -0.39 is 23.7 Å². The maximum atomic E-state index is 14.8. The Morgan fingerprint density at radius 2 is 1.92 bits per heavy atom. The molecule has 0 radical (unpaired) electrons. The summed E-state index contributed by atoms with van der Waals surface area (Å²) in [4.78, 5) is 31.5. The molecule has 0 spiro atoms. The fraction of sp³-hybridized carbons (Fsp3) is 0.217. The Hall–Kier alpha value is -4.62. The fourth-order valence-electron chi connectivity index (χ4n) is 3.11. The highest BCUT2D eigenvalue weighted by Gasteiger charge is 2.38. The summed E-state index contributed by atoms with van der Waals surface area (Å²) in [5.74, 6) is -2.80. The second-order valence-corrected chi connectivity index (χ2v) is 7.48. The lowest BCUT2D eigenvalue weighted by Gasteiger charge is -2.14. The van der Waals surface area contributed by atoms with E-state index >= 15 is 0 Å². The van der Waals surface area contributed by atoms with Crippen LogP contribution in [0.2, 0.25) is 0 Å². The van der Waals surface area contributed by atoms with Crippen LogP contribution in [0.1, 0.15) is 18.1 Å². The molecular weight excluding hydrogens is 502 g/mol. The molecule has 0 aliphatic heterocycles. The molecule has 196 valence electrons. The van der Waals surface area contributed by atoms with Gasteiger partial charge < -0.3 is 24.9 Å². The molecule has 4 aromatic rings. The number of fused-ring (bicyclic) bond motifs is 1. The molecule has 2 aromatic heterocycles. The van der Waals surface area contributed by atoms with Crippen molar-refractivity contribution in [2.75, 3.05) is 17.7 Å². The van der Waals surface area contributed by atoms with Crippen LogP contribution in [0.3, 0.4) is 0 Å². The van der Waals surface area contributed by atoms with Crippen molar-refractivity contribution in [1.82, 2.24) is 15.0 Å². The van der Waals surface area contributed by atoms with Crippen LogP contribution >= 0.6 is 0 Å². The second kappa shape index (κ2) is 11.0. The summed E-state index contributed by atoms with van der Waals surface area (Å²) in [5.41, 5.74) is 3.53. The van der Waals surface area contributed by atoms with Crippen molar-refractivity contribution in [1.29, 1.82) is 0 Å². The van der Waals surface area contributed by atoms with Gasteiger partial charge in [-0.1, -0.05) is 13.0 Å². The molecule has 2 aromatic carbocycles. The molecule has 14 heteroatoms. The quantitative estimate of drug-likeness (QED) is 0.255. The largest absolute Gasteiger partial charge is 0.493 e. The van der Waals surface area contributed by atoms with Crippen LogP contribution in [-0.4, -0.2) is 39.3 Å². The first-order valence-electron chi connectivity index (χ1n) is 10.6. The Kier molecular flexibility index (Phi) is 8.00. The number of nitrogens with one attached hydrogen (secondary N) is 3. The van der Waals surface area contributed by atoms with Crippen molar-refractivity contribution < 1.29 is 36.6 Å². The summed E-state index contributed by atoms with van der Waals surface area (Å²) in [7, 11) is 1.44. The fourth-order valence-corrected chi connectivity index (χ4v) is 3.11. The number of alkyl halides is 3. The molecule has 0 atom stereocenters. The number of aromatic nitrogens is 3. The van der Waals surface area contributed by atoms with Crippen molar-refractivity contribution in [3.05, 3.63) is 64.0 Å². The van der Waals surface area contributed by atoms with E-state index in [1.807, 2.05) is 13.8 Å². The Morgan fingerprint density at radius 3 is 2.54 bits per heavy atom. The average molecular weight is 523 g/mol. The first-order valence-corrected chi connectivity index (χ1v) is 10.6. The molecular formula is C23H21F4N5O5. The number of anilines is 4. The second-order valence-electron chi connectivity index (χ2n) is 7.48. The Labute approximate surface area is 206 Å². The summed E-state index contributed by atoms with van der Waals surface area (Å²) < 4.78 is 56.7. The van der Waals surface area contributed by atoms with E-state index in [2.05, 4.69) is 25.6 Å². The maximum absolute atomic E-state index is 14.8. The molecule has 10 nitrogen and oxygen atoms in total. The van der Waals surface area contributed by atoms with E-state index in [1.165, 1.54) is 7.11 Å². The molecule has 4 N–H and O–H groups in total. The summed E-state index contributed by atoms with van der Waals surface area (Å²) in [6, 6.07) is 8.63. The topological polar surface area (TPSA) is 142 Å². The molecule has 0 aliphatic rings. The Balaban J connectivity index is 0.000000479. The zero-order valence-corrected chi connectivity index (χ0v) is 19.7. The third-order valence-electron chi connectivity index (χ3n) is 4.91. The number of rotatable bonds is 6. The first kappa shape index (κ1) is 27.0. The Morgan fingerprint density at radius 1 is 1.22 bits per heavy atom. The minimum atomic E-state index is -5.08. The zero-order valence-electron chi connectivity index (χ0n) is 19.7. The smallest absolute Gasteiger partial charge is 0.490 e. The maximum Gasteiger partial charge on any atom is 0.490 e. The van der Waals surface area contributed by atoms with Gasteiger partial charge in [0.25, 0.3) is 0 Å². The summed E-state index contributed by atoms with van der Waals surface area (Å²) >= 11 is 0. The van der Waals surface area contributed by atoms with E-state index in [0.717, 1.165) is 11.1 Å². The van der Waals surface area contributed by atoms with Gasteiger partial charge in [-0.15, -0.1) is 0 Å². The van der Waals surface area contributed by atoms with Crippen LogP contribution in [0.4, 0.5) is 40.7 Å². The molecule has 0 amide bonds. The van der Waals surface area contributed by atoms with E-state index in [4.69, 9.17) is 19.1 Å². The summed E-state index contributed by atoms with van der Waals surface area (Å²) in [6.07, 6.45) is -2.80. The lowest BCUT2D eigenvalue weighted by atomic mass is 10.1. The standard InChI is InChI=1S/C21H20FN5O3.C2HF3O2/c1-4-12-5-7-14(17(22)18(12)29-3)25-20-23-10-11(2)19(27-20)24-13-6-8-16-15(9-13)26-21(28)30-16;3-2(4,5)1(6)7/h5-10H,4H2,1-3H3,(H,26,28)(H2,23,24,25,27);(H,6,7). The molecule has 0 bridgehead atoms. The molecule has 0 saturated carbocycles. The number of oxazole rings is 1. The number of hydrogen-bond acceptors (Lipinski definition) is 8. The third kappa shape index (κ3) is 6.54. The number of carboxylic acid groups (broad SMARTS) is 1. The van der Waals surface area contributed by atoms with Gasteiger partial charge in [0, 0.05) is 17.4 Å². The number of ether oxygens (including phenoxy) is 1. The number of aromatic amines is 1. The number of carbonyl (C=O) groups is 1. The zero-order chi connectivity index (χ0) is 27.3. The van der Waals surface area contributed by atoms with Gasteiger partial charge in [0.2, 0.25) is 5.95 Å². The third-order valence-corrected chi connectivity index (χ3v) is 4.91. The minimum absolute atomic E-state index is 0.204. The lowest BCUT2D eigenvalue weighted by Crippen LogP contribution is -2.21. The summed E-state index contributed by atoms with van der Waals surface area (Å²) in [5, 5.41) is 13.2. The number of methoxy groups -OCH3 is 1. The monoisotopic (exact) mass is 523 g/mol. The van der Waals surface area contributed by atoms with Gasteiger partial charge in [-0.3, -0.25) is 4.98 Å². The molecule has 2 heterocycles. The predicted octanol–water partition coefficient (Wildman–Crippen LogP) is 5.05. The van der Waals surface area contributed by atoms with Gasteiger partial charge in [-0.25, -0.2) is 19.0 Å². The number of hydrogen-bond donors (Lipinski definition) is 4. The number of aliphatic carboxylic acids is 1. The van der Waals surface area contributed by atoms with Gasteiger partial charge in [0.1, 0.15) is 5.82 Å². The highest BCUT2D eigenvalue weighted by atomic mass is 19.4. The van der Waals surface area contributed by atoms with Gasteiger partial charge in [0.05, 0.1) is 18.3 Å². The predicted molar refractivity (Wildman–Crippen MR) is 126 cm³/mol. The van der Waals surface area contributed by atoms with Crippen molar-refractivity contribution in [3.8, 4) is 5.75 Å². The van der Waals surface area contributed by atoms with Crippen LogP contribution in [0.25, 0.3) is 11.1 Å². The number of halogens is 4. The number of H-pyrrole nitrogens is 1. The van der Waals surface area contributed by atoms with Gasteiger partial charge in [0.15, 0.2) is 17.1 Å². The van der Waals surface area contributed by atoms with Crippen molar-refractivity contribution in [2.24, 2.45) is 0 Å². The van der Waals surface area contributed by atoms with E-state index in [-0.39, 0.29) is 17.4 Å². The number of benzene rings is 2. The average Bonchev–Trinajstić information content (AvgIpc) is 3.21. The highest BCUT2D eigenvalue weighted by Crippen LogP contribution is 2.31. The van der Waals surface area contributed by atoms with Crippen LogP contribution in [-0.2, 0) is 11.2 Å². The molecule has 0 aliphatic carbocycles. The molecule has 0 saturated heterocycles. The van der Waals surface area contributed by atoms with Crippen molar-refractivity contribution >= 4 is 40.2 Å². The van der Waals surface area contributed by atoms with E-state index in [0.29, 0.717) is 29.0 Å². The van der Waals surface area contributed by atoms with Crippen molar-refractivity contribution in [2.45, 2.75) is 26.4 Å². The number of carboxylic acids is 1. The summed E-state index contributed by atoms with van der Waals surface area (Å²) in [6.45, 7) is 3.78. The molecule has 37 heavy (non-hydrogen) atoms. The van der Waals surface area contributed by atoms with Crippen LogP contribution in [0.5, 0.6) is 5.75 Å². The number of nitrogens with zero attached hydrogens (tertiary/aromatic N) is 2. The van der Waals surface area contributed by atoms with Gasteiger partial charge in [-0.05, 0) is 43.2 Å². The first-order chi connectivity index (χ1) is 17.4. The normalized spacial score (nSPS) is 11.0. The Bertz CT molecular complexity index is 1480. The van der Waals surface area contributed by atoms with E-state index in [9.17, 15) is 22.4 Å². The highest BCUT2D eigenvalue weighted by molar-refractivity contribution is 5.78. The van der Waals surface area contributed by atoms with Gasteiger partial charge in [-0.2, -0.15) is 18.2 Å². The van der Waals surface area contributed by atoms with Crippen LogP contribution in [0, 0.1) is 12.7 Å². The minimum Gasteiger partial charge on any atom is -0.493 e. The van der Waals surface area contributed by atoms with Crippen LogP contribution in [0.15, 0.2) is 45.7 Å². The number of aryl methyl sites for hydroxylation is 2. The molecule has 4 rings (SSSR count). The van der Waals surface area contributed by atoms with Crippen molar-refractivity contribution in [3.63, 3.8) is 0 Å². The molecule has 0 unspecified atom stereocenters. The van der Waals surface area contributed by atoms with Crippen LogP contribution < -0.4 is 21.1 Å².